The number of hydrogen-bond acceptors (Lipinski definition) is 1. The number of rotatable bonds is 1. The zero-order valence-corrected chi connectivity index (χ0v) is 11.3. The van der Waals surface area contributed by atoms with Crippen LogP contribution in [0, 0.1) is 11.5 Å². The van der Waals surface area contributed by atoms with Crippen LogP contribution in [0.25, 0.3) is 10.9 Å². The molecule has 2 rings (SSSR count). The summed E-state index contributed by atoms with van der Waals surface area (Å²) in [6.07, 6.45) is 2.61. The van der Waals surface area contributed by atoms with Crippen molar-refractivity contribution in [3.63, 3.8) is 0 Å². The SMILES string of the molecule is C[Si](C)(C)C#Cc1cccc2[nH]cc(C=O)c12. The molecule has 0 amide bonds. The van der Waals surface area contributed by atoms with Crippen LogP contribution < -0.4 is 0 Å². The molecule has 17 heavy (non-hydrogen) atoms. The van der Waals surface area contributed by atoms with Crippen LogP contribution in [-0.4, -0.2) is 19.3 Å². The molecule has 86 valence electrons. The summed E-state index contributed by atoms with van der Waals surface area (Å²) in [7, 11) is -1.39. The summed E-state index contributed by atoms with van der Waals surface area (Å²) in [6, 6.07) is 5.89. The van der Waals surface area contributed by atoms with Gasteiger partial charge in [0.1, 0.15) is 8.07 Å². The Bertz CT molecular complexity index is 623. The number of nitrogens with one attached hydrogen (secondary N) is 1. The highest BCUT2D eigenvalue weighted by molar-refractivity contribution is 6.83. The second-order valence-electron chi connectivity index (χ2n) is 5.09. The molecule has 0 fully saturated rings. The van der Waals surface area contributed by atoms with Crippen molar-refractivity contribution in [2.24, 2.45) is 0 Å². The van der Waals surface area contributed by atoms with Crippen molar-refractivity contribution in [3.8, 4) is 11.5 Å². The second-order valence-corrected chi connectivity index (χ2v) is 9.84. The number of fused-ring (bicyclic) bond motifs is 1. The normalized spacial score (nSPS) is 11.0. The zero-order valence-electron chi connectivity index (χ0n) is 10.3. The molecule has 3 heteroatoms. The Hall–Kier alpha value is -1.79. The van der Waals surface area contributed by atoms with Gasteiger partial charge < -0.3 is 4.98 Å². The van der Waals surface area contributed by atoms with E-state index in [2.05, 4.69) is 36.1 Å². The monoisotopic (exact) mass is 241 g/mol. The molecule has 1 N–H and O–H groups in total. The first kappa shape index (κ1) is 11.7. The molecule has 1 aromatic carbocycles. The summed E-state index contributed by atoms with van der Waals surface area (Å²) in [5.74, 6) is 3.22. The van der Waals surface area contributed by atoms with E-state index >= 15 is 0 Å². The van der Waals surface area contributed by atoms with Crippen LogP contribution in [0.2, 0.25) is 19.6 Å². The summed E-state index contributed by atoms with van der Waals surface area (Å²) in [5, 5.41) is 0.938. The Kier molecular flexibility index (Phi) is 2.91. The van der Waals surface area contributed by atoms with E-state index in [0.717, 1.165) is 22.8 Å². The molecule has 0 unspecified atom stereocenters. The standard InChI is InChI=1S/C14H15NOSi/c1-17(2,3)8-7-11-5-4-6-13-14(11)12(10-16)9-15-13/h4-6,9-10,15H,1-3H3. The lowest BCUT2D eigenvalue weighted by molar-refractivity contribution is 0.112. The van der Waals surface area contributed by atoms with Crippen LogP contribution in [-0.2, 0) is 0 Å². The van der Waals surface area contributed by atoms with Gasteiger partial charge in [0.25, 0.3) is 0 Å². The summed E-state index contributed by atoms with van der Waals surface area (Å²) < 4.78 is 0. The number of benzene rings is 1. The van der Waals surface area contributed by atoms with Gasteiger partial charge in [-0.2, -0.15) is 0 Å². The minimum atomic E-state index is -1.39. The van der Waals surface area contributed by atoms with Gasteiger partial charge in [0.2, 0.25) is 0 Å². The highest BCUT2D eigenvalue weighted by atomic mass is 28.3. The first-order chi connectivity index (χ1) is 8.01. The Morgan fingerprint density at radius 1 is 1.29 bits per heavy atom. The molecule has 2 aromatic rings. The molecule has 0 atom stereocenters. The van der Waals surface area contributed by atoms with Crippen molar-refractivity contribution in [1.82, 2.24) is 4.98 Å². The van der Waals surface area contributed by atoms with E-state index in [9.17, 15) is 4.79 Å². The third kappa shape index (κ3) is 2.48. The van der Waals surface area contributed by atoms with Crippen molar-refractivity contribution in [2.75, 3.05) is 0 Å². The highest BCUT2D eigenvalue weighted by Crippen LogP contribution is 2.20. The number of aldehydes is 1. The molecule has 0 saturated carbocycles. The first-order valence-electron chi connectivity index (χ1n) is 5.60. The molecular weight excluding hydrogens is 226 g/mol. The maximum Gasteiger partial charge on any atom is 0.152 e. The topological polar surface area (TPSA) is 32.9 Å². The van der Waals surface area contributed by atoms with E-state index in [1.165, 1.54) is 0 Å². The Balaban J connectivity index is 2.64. The number of H-pyrrole nitrogens is 1. The van der Waals surface area contributed by atoms with E-state index in [0.29, 0.717) is 5.56 Å². The fourth-order valence-electron chi connectivity index (χ4n) is 1.66. The molecule has 0 saturated heterocycles. The van der Waals surface area contributed by atoms with Crippen molar-refractivity contribution >= 4 is 25.3 Å². The Labute approximate surface area is 102 Å². The highest BCUT2D eigenvalue weighted by Gasteiger charge is 2.09. The van der Waals surface area contributed by atoms with Crippen molar-refractivity contribution in [3.05, 3.63) is 35.5 Å². The van der Waals surface area contributed by atoms with E-state index in [1.807, 2.05) is 18.2 Å². The van der Waals surface area contributed by atoms with Gasteiger partial charge in [0.15, 0.2) is 6.29 Å². The minimum absolute atomic E-state index is 0.681. The van der Waals surface area contributed by atoms with Gasteiger partial charge >= 0.3 is 0 Å². The summed E-state index contributed by atoms with van der Waals surface area (Å²) in [5.41, 5.74) is 5.92. The molecule has 0 aliphatic rings. The molecule has 1 heterocycles. The van der Waals surface area contributed by atoms with Gasteiger partial charge in [-0.25, -0.2) is 0 Å². The van der Waals surface area contributed by atoms with Crippen LogP contribution in [0.5, 0.6) is 0 Å². The minimum Gasteiger partial charge on any atom is -0.360 e. The number of hydrogen-bond donors (Lipinski definition) is 1. The third-order valence-electron chi connectivity index (χ3n) is 2.44. The van der Waals surface area contributed by atoms with Gasteiger partial charge in [-0.3, -0.25) is 4.79 Å². The van der Waals surface area contributed by atoms with E-state index in [-0.39, 0.29) is 0 Å². The van der Waals surface area contributed by atoms with Crippen LogP contribution in [0.4, 0.5) is 0 Å². The number of carbonyl (C=O) groups excluding carboxylic acids is 1. The first-order valence-corrected chi connectivity index (χ1v) is 9.10. The van der Waals surface area contributed by atoms with Crippen molar-refractivity contribution in [2.45, 2.75) is 19.6 Å². The largest absolute Gasteiger partial charge is 0.360 e. The predicted molar refractivity (Wildman–Crippen MR) is 73.9 cm³/mol. The fourth-order valence-corrected chi connectivity index (χ4v) is 2.17. The lowest BCUT2D eigenvalue weighted by Gasteiger charge is -2.03. The lowest BCUT2D eigenvalue weighted by Crippen LogP contribution is -2.16. The second kappa shape index (κ2) is 4.23. The van der Waals surface area contributed by atoms with E-state index < -0.39 is 8.07 Å². The van der Waals surface area contributed by atoms with Crippen LogP contribution in [0.15, 0.2) is 24.4 Å². The molecule has 0 radical (unpaired) electrons. The third-order valence-corrected chi connectivity index (χ3v) is 3.31. The van der Waals surface area contributed by atoms with Gasteiger partial charge in [0.05, 0.1) is 0 Å². The average Bonchev–Trinajstić information content (AvgIpc) is 2.68. The number of carbonyl (C=O) groups is 1. The zero-order chi connectivity index (χ0) is 12.5. The van der Waals surface area contributed by atoms with Crippen molar-refractivity contribution < 1.29 is 4.79 Å². The average molecular weight is 241 g/mol. The Morgan fingerprint density at radius 2 is 2.06 bits per heavy atom. The van der Waals surface area contributed by atoms with Crippen LogP contribution in [0.1, 0.15) is 15.9 Å². The predicted octanol–water partition coefficient (Wildman–Crippen LogP) is 3.21. The lowest BCUT2D eigenvalue weighted by atomic mass is 10.1. The molecular formula is C14H15NOSi. The smallest absolute Gasteiger partial charge is 0.152 e. The summed E-state index contributed by atoms with van der Waals surface area (Å²) in [4.78, 5) is 14.1. The molecule has 0 aliphatic carbocycles. The Morgan fingerprint density at radius 3 is 2.71 bits per heavy atom. The molecule has 0 aliphatic heterocycles. The summed E-state index contributed by atoms with van der Waals surface area (Å²) >= 11 is 0. The molecule has 2 nitrogen and oxygen atoms in total. The fraction of sp³-hybridized carbons (Fsp3) is 0.214. The number of aromatic amines is 1. The van der Waals surface area contributed by atoms with Gasteiger partial charge in [-0.05, 0) is 12.1 Å². The van der Waals surface area contributed by atoms with Gasteiger partial charge in [-0.1, -0.05) is 31.6 Å². The van der Waals surface area contributed by atoms with E-state index in [1.54, 1.807) is 6.20 Å². The molecule has 1 aromatic heterocycles. The summed E-state index contributed by atoms with van der Waals surface area (Å²) in [6.45, 7) is 6.62. The van der Waals surface area contributed by atoms with Crippen LogP contribution in [0.3, 0.4) is 0 Å². The molecule has 0 spiro atoms. The molecule has 0 bridgehead atoms. The van der Waals surface area contributed by atoms with E-state index in [4.69, 9.17) is 0 Å². The van der Waals surface area contributed by atoms with Gasteiger partial charge in [-0.15, -0.1) is 5.54 Å². The van der Waals surface area contributed by atoms with Crippen molar-refractivity contribution in [1.29, 1.82) is 0 Å². The maximum absolute atomic E-state index is 11.0. The maximum atomic E-state index is 11.0. The van der Waals surface area contributed by atoms with Crippen LogP contribution >= 0.6 is 0 Å². The quantitative estimate of drug-likeness (QED) is 0.464. The number of aromatic nitrogens is 1. The van der Waals surface area contributed by atoms with Gasteiger partial charge in [0, 0.05) is 28.2 Å².